The molecule has 0 aromatic carbocycles. The fourth-order valence-corrected chi connectivity index (χ4v) is 2.97. The molecule has 0 spiro atoms. The molecule has 1 saturated heterocycles. The Morgan fingerprint density at radius 3 is 2.91 bits per heavy atom. The molecule has 1 unspecified atom stereocenters. The van der Waals surface area contributed by atoms with E-state index in [0.29, 0.717) is 12.6 Å². The quantitative estimate of drug-likeness (QED) is 0.813. The molecule has 1 N–H and O–H groups in total. The normalized spacial score (nSPS) is 20.1. The smallest absolute Gasteiger partial charge is 0.239 e. The number of amides is 1. The largest absolute Gasteiger partial charge is 0.383 e. The molecule has 1 amide bonds. The maximum Gasteiger partial charge on any atom is 0.239 e. The van der Waals surface area contributed by atoms with Crippen LogP contribution in [0.4, 0.5) is 5.82 Å². The molecule has 1 aliphatic heterocycles. The summed E-state index contributed by atoms with van der Waals surface area (Å²) < 4.78 is 6.97. The van der Waals surface area contributed by atoms with Crippen LogP contribution in [0.25, 0.3) is 0 Å². The maximum atomic E-state index is 12.3. The number of carbonyl (C=O) groups excluding carboxylic acids is 1. The van der Waals surface area contributed by atoms with E-state index in [1.165, 1.54) is 0 Å². The molecular weight excluding hydrogens is 294 g/mol. The molecule has 7 heteroatoms. The van der Waals surface area contributed by atoms with Crippen molar-refractivity contribution >= 4 is 11.7 Å². The van der Waals surface area contributed by atoms with Crippen LogP contribution in [0, 0.1) is 0 Å². The highest BCUT2D eigenvalue weighted by Gasteiger charge is 2.24. The highest BCUT2D eigenvalue weighted by molar-refractivity contribution is 5.91. The second-order valence-electron chi connectivity index (χ2n) is 6.42. The zero-order chi connectivity index (χ0) is 16.8. The number of piperazine rings is 1. The van der Waals surface area contributed by atoms with Gasteiger partial charge in [0.1, 0.15) is 5.82 Å². The summed E-state index contributed by atoms with van der Waals surface area (Å²) in [5.41, 5.74) is 0. The Morgan fingerprint density at radius 1 is 1.48 bits per heavy atom. The van der Waals surface area contributed by atoms with Gasteiger partial charge in [0.15, 0.2) is 0 Å². The van der Waals surface area contributed by atoms with E-state index in [0.717, 1.165) is 38.6 Å². The molecule has 1 aromatic rings. The van der Waals surface area contributed by atoms with Gasteiger partial charge in [-0.05, 0) is 20.8 Å². The van der Waals surface area contributed by atoms with Crippen LogP contribution >= 0.6 is 0 Å². The van der Waals surface area contributed by atoms with Gasteiger partial charge in [0.05, 0.1) is 19.3 Å². The van der Waals surface area contributed by atoms with Crippen LogP contribution in [0.2, 0.25) is 0 Å². The van der Waals surface area contributed by atoms with E-state index in [1.54, 1.807) is 13.3 Å². The van der Waals surface area contributed by atoms with Crippen LogP contribution in [-0.4, -0.2) is 78.0 Å². The Hall–Kier alpha value is -1.44. The zero-order valence-electron chi connectivity index (χ0n) is 14.7. The molecule has 1 fully saturated rings. The first-order valence-electron chi connectivity index (χ1n) is 8.30. The van der Waals surface area contributed by atoms with Gasteiger partial charge >= 0.3 is 0 Å². The molecule has 0 aliphatic carbocycles. The molecule has 2 rings (SSSR count). The molecular formula is C16H29N5O2. The third kappa shape index (κ3) is 5.02. The van der Waals surface area contributed by atoms with Crippen LogP contribution in [0.15, 0.2) is 12.3 Å². The van der Waals surface area contributed by atoms with Crippen molar-refractivity contribution in [2.24, 2.45) is 0 Å². The van der Waals surface area contributed by atoms with Gasteiger partial charge in [0, 0.05) is 51.4 Å². The average molecular weight is 323 g/mol. The number of hydrogen-bond donors (Lipinski definition) is 1. The molecule has 0 saturated carbocycles. The minimum atomic E-state index is 0.0185. The van der Waals surface area contributed by atoms with Crippen LogP contribution < -0.4 is 5.32 Å². The van der Waals surface area contributed by atoms with Gasteiger partial charge in [-0.25, -0.2) is 4.68 Å². The average Bonchev–Trinajstić information content (AvgIpc) is 2.94. The van der Waals surface area contributed by atoms with E-state index in [2.05, 4.69) is 27.1 Å². The topological polar surface area (TPSA) is 62.6 Å². The second kappa shape index (κ2) is 8.42. The van der Waals surface area contributed by atoms with Gasteiger partial charge in [-0.15, -0.1) is 0 Å². The Bertz CT molecular complexity index is 502. The zero-order valence-corrected chi connectivity index (χ0v) is 14.7. The molecule has 23 heavy (non-hydrogen) atoms. The van der Waals surface area contributed by atoms with Crippen molar-refractivity contribution in [1.82, 2.24) is 19.6 Å². The van der Waals surface area contributed by atoms with Crippen molar-refractivity contribution in [3.8, 4) is 0 Å². The highest BCUT2D eigenvalue weighted by atomic mass is 16.5. The highest BCUT2D eigenvalue weighted by Crippen LogP contribution is 2.14. The number of hydrogen-bond acceptors (Lipinski definition) is 5. The lowest BCUT2D eigenvalue weighted by Crippen LogP contribution is -2.54. The fraction of sp³-hybridized carbons (Fsp3) is 0.750. The van der Waals surface area contributed by atoms with E-state index in [4.69, 9.17) is 4.74 Å². The van der Waals surface area contributed by atoms with Crippen LogP contribution in [-0.2, 0) is 9.53 Å². The minimum Gasteiger partial charge on any atom is -0.383 e. The first-order chi connectivity index (χ1) is 11.0. The van der Waals surface area contributed by atoms with Crippen molar-refractivity contribution < 1.29 is 9.53 Å². The van der Waals surface area contributed by atoms with E-state index in [-0.39, 0.29) is 11.9 Å². The molecule has 1 atom stereocenters. The number of carbonyl (C=O) groups is 1. The third-order valence-electron chi connectivity index (χ3n) is 4.23. The second-order valence-corrected chi connectivity index (χ2v) is 6.42. The number of nitrogens with one attached hydrogen (secondary N) is 1. The van der Waals surface area contributed by atoms with Gasteiger partial charge in [-0.2, -0.15) is 5.10 Å². The molecule has 7 nitrogen and oxygen atoms in total. The van der Waals surface area contributed by atoms with Crippen molar-refractivity contribution in [3.05, 3.63) is 12.3 Å². The van der Waals surface area contributed by atoms with Crippen LogP contribution in [0.3, 0.4) is 0 Å². The predicted octanol–water partition coefficient (Wildman–Crippen LogP) is 1.06. The van der Waals surface area contributed by atoms with Crippen molar-refractivity contribution in [2.75, 3.05) is 51.8 Å². The summed E-state index contributed by atoms with van der Waals surface area (Å²) in [6.07, 6.45) is 1.71. The summed E-state index contributed by atoms with van der Waals surface area (Å²) in [4.78, 5) is 16.9. The lowest BCUT2D eigenvalue weighted by atomic mass is 10.2. The van der Waals surface area contributed by atoms with E-state index < -0.39 is 0 Å². The molecule has 0 radical (unpaired) electrons. The fourth-order valence-electron chi connectivity index (χ4n) is 2.97. The Labute approximate surface area is 138 Å². The number of anilines is 1. The third-order valence-corrected chi connectivity index (χ3v) is 4.23. The monoisotopic (exact) mass is 323 g/mol. The molecule has 2 heterocycles. The van der Waals surface area contributed by atoms with Crippen molar-refractivity contribution in [2.45, 2.75) is 32.9 Å². The minimum absolute atomic E-state index is 0.0185. The maximum absolute atomic E-state index is 12.3. The van der Waals surface area contributed by atoms with Crippen LogP contribution in [0.5, 0.6) is 0 Å². The van der Waals surface area contributed by atoms with Gasteiger partial charge in [-0.3, -0.25) is 14.6 Å². The number of rotatable bonds is 7. The Kier molecular flexibility index (Phi) is 6.56. The summed E-state index contributed by atoms with van der Waals surface area (Å²) in [5, 5.41) is 7.20. The summed E-state index contributed by atoms with van der Waals surface area (Å²) in [6.45, 7) is 11.2. The number of ether oxygens (including phenoxy) is 1. The lowest BCUT2D eigenvalue weighted by molar-refractivity contribution is -0.118. The molecule has 0 bridgehead atoms. The molecule has 1 aromatic heterocycles. The number of methoxy groups -OCH3 is 1. The predicted molar refractivity (Wildman–Crippen MR) is 90.6 cm³/mol. The van der Waals surface area contributed by atoms with Gasteiger partial charge < -0.3 is 10.1 Å². The lowest BCUT2D eigenvalue weighted by Gasteiger charge is -2.39. The summed E-state index contributed by atoms with van der Waals surface area (Å²) in [7, 11) is 1.73. The van der Waals surface area contributed by atoms with E-state index >= 15 is 0 Å². The van der Waals surface area contributed by atoms with Gasteiger partial charge in [-0.1, -0.05) is 0 Å². The van der Waals surface area contributed by atoms with Crippen LogP contribution in [0.1, 0.15) is 26.8 Å². The van der Waals surface area contributed by atoms with Gasteiger partial charge in [0.25, 0.3) is 0 Å². The Balaban J connectivity index is 1.81. The number of aromatic nitrogens is 2. The number of nitrogens with zero attached hydrogens (tertiary/aromatic N) is 4. The Morgan fingerprint density at radius 2 is 2.26 bits per heavy atom. The SMILES string of the molecule is COCCN1CCN(CC(=O)Nc2ccnn2C(C)C)CC1C. The standard InChI is InChI=1S/C16H29N5O2/c1-13(2)21-15(5-6-17-21)18-16(22)12-19-7-8-20(9-10-23-4)14(3)11-19/h5-6,13-14H,7-12H2,1-4H3,(H,18,22). The van der Waals surface area contributed by atoms with Crippen molar-refractivity contribution in [3.63, 3.8) is 0 Å². The summed E-state index contributed by atoms with van der Waals surface area (Å²) in [5.74, 6) is 0.779. The first kappa shape index (κ1) is 17.9. The van der Waals surface area contributed by atoms with Crippen molar-refractivity contribution in [1.29, 1.82) is 0 Å². The van der Waals surface area contributed by atoms with Gasteiger partial charge in [0.2, 0.25) is 5.91 Å². The molecule has 130 valence electrons. The van der Waals surface area contributed by atoms with E-state index in [9.17, 15) is 4.79 Å². The summed E-state index contributed by atoms with van der Waals surface area (Å²) in [6, 6.07) is 2.50. The van der Waals surface area contributed by atoms with E-state index in [1.807, 2.05) is 24.6 Å². The summed E-state index contributed by atoms with van der Waals surface area (Å²) >= 11 is 0. The molecule has 1 aliphatic rings. The first-order valence-corrected chi connectivity index (χ1v) is 8.30.